The molecule has 0 unspecified atom stereocenters. The number of nitrogens with zero attached hydrogens (tertiary/aromatic N) is 2. The van der Waals surface area contributed by atoms with E-state index in [0.717, 1.165) is 16.5 Å². The molecule has 0 saturated carbocycles. The minimum atomic E-state index is -0.371. The molecule has 4 aromatic rings. The molecule has 0 radical (unpaired) electrons. The van der Waals surface area contributed by atoms with Gasteiger partial charge in [-0.3, -0.25) is 9.69 Å². The van der Waals surface area contributed by atoms with Gasteiger partial charge in [0.1, 0.15) is 5.75 Å². The summed E-state index contributed by atoms with van der Waals surface area (Å²) in [6.07, 6.45) is -0.371. The number of ether oxygens (including phenoxy) is 1. The molecule has 1 aromatic heterocycles. The van der Waals surface area contributed by atoms with Crippen molar-refractivity contribution in [3.05, 3.63) is 93.8 Å². The van der Waals surface area contributed by atoms with Crippen LogP contribution >= 0.6 is 0 Å². The first-order valence-electron chi connectivity index (χ1n) is 9.71. The molecule has 0 spiro atoms. The molecule has 30 heavy (non-hydrogen) atoms. The first-order chi connectivity index (χ1) is 14.6. The van der Waals surface area contributed by atoms with Gasteiger partial charge in [-0.05, 0) is 48.4 Å². The van der Waals surface area contributed by atoms with Gasteiger partial charge in [0.2, 0.25) is 0 Å². The summed E-state index contributed by atoms with van der Waals surface area (Å²) in [4.78, 5) is 26.3. The van der Waals surface area contributed by atoms with Crippen LogP contribution in [0.4, 0.5) is 4.79 Å². The molecule has 6 heteroatoms. The first-order valence-corrected chi connectivity index (χ1v) is 9.71. The fraction of sp³-hybridized carbons (Fsp3) is 0.125. The maximum absolute atomic E-state index is 12.6. The van der Waals surface area contributed by atoms with Gasteiger partial charge in [0.15, 0.2) is 0 Å². The highest BCUT2D eigenvalue weighted by Gasteiger charge is 2.24. The van der Waals surface area contributed by atoms with Crippen molar-refractivity contribution >= 4 is 16.9 Å². The Hall–Kier alpha value is -3.93. The van der Waals surface area contributed by atoms with E-state index in [1.54, 1.807) is 23.1 Å². The number of H-pyrrole nitrogens is 1. The number of aromatic amines is 1. The smallest absolute Gasteiger partial charge is 0.410 e. The van der Waals surface area contributed by atoms with E-state index in [1.807, 2.05) is 37.3 Å². The van der Waals surface area contributed by atoms with E-state index in [2.05, 4.69) is 28.4 Å². The Labute approximate surface area is 172 Å². The van der Waals surface area contributed by atoms with Crippen molar-refractivity contribution in [1.29, 1.82) is 0 Å². The van der Waals surface area contributed by atoms with E-state index in [9.17, 15) is 9.59 Å². The van der Waals surface area contributed by atoms with Gasteiger partial charge >= 0.3 is 6.09 Å². The third kappa shape index (κ3) is 3.22. The van der Waals surface area contributed by atoms with Crippen LogP contribution in [0.5, 0.6) is 5.75 Å². The van der Waals surface area contributed by atoms with Crippen LogP contribution in [-0.4, -0.2) is 21.2 Å². The zero-order valence-corrected chi connectivity index (χ0v) is 16.4. The van der Waals surface area contributed by atoms with E-state index in [0.29, 0.717) is 29.9 Å². The van der Waals surface area contributed by atoms with Crippen molar-refractivity contribution in [1.82, 2.24) is 15.1 Å². The van der Waals surface area contributed by atoms with Crippen molar-refractivity contribution in [3.63, 3.8) is 0 Å². The number of benzene rings is 3. The zero-order valence-electron chi connectivity index (χ0n) is 16.4. The molecule has 1 aliphatic heterocycles. The van der Waals surface area contributed by atoms with E-state index >= 15 is 0 Å². The average molecular weight is 397 g/mol. The fourth-order valence-electron chi connectivity index (χ4n) is 3.83. The molecule has 5 rings (SSSR count). The first kappa shape index (κ1) is 18.1. The molecule has 1 amide bonds. The van der Waals surface area contributed by atoms with Gasteiger partial charge in [0.25, 0.3) is 5.56 Å². The Morgan fingerprint density at radius 3 is 2.50 bits per heavy atom. The molecule has 2 heterocycles. The largest absolute Gasteiger partial charge is 0.415 e. The van der Waals surface area contributed by atoms with Gasteiger partial charge < -0.3 is 4.74 Å². The predicted molar refractivity (Wildman–Crippen MR) is 114 cm³/mol. The highest BCUT2D eigenvalue weighted by Crippen LogP contribution is 2.28. The van der Waals surface area contributed by atoms with Crippen LogP contribution in [-0.2, 0) is 13.1 Å². The molecule has 148 valence electrons. The highest BCUT2D eigenvalue weighted by molar-refractivity contribution is 5.93. The highest BCUT2D eigenvalue weighted by atomic mass is 16.6. The minimum absolute atomic E-state index is 0.221. The fourth-order valence-corrected chi connectivity index (χ4v) is 3.83. The molecular weight excluding hydrogens is 378 g/mol. The lowest BCUT2D eigenvalue weighted by atomic mass is 10.1. The Morgan fingerprint density at radius 2 is 1.70 bits per heavy atom. The lowest BCUT2D eigenvalue weighted by Gasteiger charge is -2.15. The number of carbonyl (C=O) groups is 1. The molecule has 0 saturated heterocycles. The Kier molecular flexibility index (Phi) is 4.32. The lowest BCUT2D eigenvalue weighted by Crippen LogP contribution is -2.28. The summed E-state index contributed by atoms with van der Waals surface area (Å²) in [5.74, 6) is 0.463. The van der Waals surface area contributed by atoms with Crippen LogP contribution < -0.4 is 10.3 Å². The third-order valence-electron chi connectivity index (χ3n) is 5.37. The molecule has 0 fully saturated rings. The average Bonchev–Trinajstić information content (AvgIpc) is 3.18. The summed E-state index contributed by atoms with van der Waals surface area (Å²) in [6, 6.07) is 20.7. The maximum Gasteiger partial charge on any atom is 0.415 e. The Bertz CT molecular complexity index is 1330. The van der Waals surface area contributed by atoms with Crippen LogP contribution in [0.2, 0.25) is 0 Å². The Balaban J connectivity index is 1.35. The number of hydrogen-bond donors (Lipinski definition) is 1. The van der Waals surface area contributed by atoms with E-state index < -0.39 is 0 Å². The normalized spacial score (nSPS) is 12.8. The summed E-state index contributed by atoms with van der Waals surface area (Å²) in [5, 5.41) is 8.11. The SMILES string of the molecule is Cc1ccc2c(c1)CN(C(=O)Oc1ccc(-c3n[nH]c(=O)c4ccccc34)cc1)C2. The van der Waals surface area contributed by atoms with E-state index in [1.165, 1.54) is 11.1 Å². The number of aryl methyl sites for hydroxylation is 1. The standard InChI is InChI=1S/C24H19N3O3/c1-15-6-7-17-13-27(14-18(17)12-15)24(29)30-19-10-8-16(9-11-19)22-20-4-2-3-5-21(20)23(28)26-25-22/h2-12H,13-14H2,1H3,(H,26,28). The van der Waals surface area contributed by atoms with Crippen molar-refractivity contribution in [2.75, 3.05) is 0 Å². The summed E-state index contributed by atoms with van der Waals surface area (Å²) in [5.41, 5.74) is 4.78. The second-order valence-corrected chi connectivity index (χ2v) is 7.47. The van der Waals surface area contributed by atoms with Gasteiger partial charge in [0, 0.05) is 24.0 Å². The molecule has 0 aliphatic carbocycles. The van der Waals surface area contributed by atoms with Crippen molar-refractivity contribution < 1.29 is 9.53 Å². The minimum Gasteiger partial charge on any atom is -0.410 e. The summed E-state index contributed by atoms with van der Waals surface area (Å²) in [7, 11) is 0. The monoisotopic (exact) mass is 397 g/mol. The van der Waals surface area contributed by atoms with Gasteiger partial charge in [-0.15, -0.1) is 0 Å². The molecule has 6 nitrogen and oxygen atoms in total. The number of nitrogens with one attached hydrogen (secondary N) is 1. The van der Waals surface area contributed by atoms with E-state index in [-0.39, 0.29) is 11.7 Å². The number of carbonyl (C=O) groups excluding carboxylic acids is 1. The number of fused-ring (bicyclic) bond motifs is 2. The second-order valence-electron chi connectivity index (χ2n) is 7.47. The molecule has 3 aromatic carbocycles. The lowest BCUT2D eigenvalue weighted by molar-refractivity contribution is 0.152. The molecular formula is C24H19N3O3. The molecule has 1 aliphatic rings. The molecule has 0 bridgehead atoms. The van der Waals surface area contributed by atoms with Gasteiger partial charge in [-0.2, -0.15) is 5.10 Å². The van der Waals surface area contributed by atoms with Crippen molar-refractivity contribution in [2.24, 2.45) is 0 Å². The van der Waals surface area contributed by atoms with Crippen LogP contribution in [0.15, 0.2) is 71.5 Å². The van der Waals surface area contributed by atoms with Crippen LogP contribution in [0.1, 0.15) is 16.7 Å². The van der Waals surface area contributed by atoms with Crippen LogP contribution in [0, 0.1) is 6.92 Å². The quantitative estimate of drug-likeness (QED) is 0.544. The second kappa shape index (κ2) is 7.15. The molecule has 0 atom stereocenters. The van der Waals surface area contributed by atoms with Crippen LogP contribution in [0.3, 0.4) is 0 Å². The summed E-state index contributed by atoms with van der Waals surface area (Å²) < 4.78 is 5.57. The number of aromatic nitrogens is 2. The third-order valence-corrected chi connectivity index (χ3v) is 5.37. The zero-order chi connectivity index (χ0) is 20.7. The van der Waals surface area contributed by atoms with E-state index in [4.69, 9.17) is 4.74 Å². The summed E-state index contributed by atoms with van der Waals surface area (Å²) >= 11 is 0. The van der Waals surface area contributed by atoms with Crippen LogP contribution in [0.25, 0.3) is 22.0 Å². The Morgan fingerprint density at radius 1 is 0.967 bits per heavy atom. The van der Waals surface area contributed by atoms with Gasteiger partial charge in [0.05, 0.1) is 11.1 Å². The maximum atomic E-state index is 12.6. The molecule has 1 N–H and O–H groups in total. The number of amides is 1. The topological polar surface area (TPSA) is 75.3 Å². The van der Waals surface area contributed by atoms with Crippen molar-refractivity contribution in [2.45, 2.75) is 20.0 Å². The predicted octanol–water partition coefficient (Wildman–Crippen LogP) is 4.41. The number of hydrogen-bond acceptors (Lipinski definition) is 4. The van der Waals surface area contributed by atoms with Gasteiger partial charge in [-0.25, -0.2) is 9.89 Å². The van der Waals surface area contributed by atoms with Crippen molar-refractivity contribution in [3.8, 4) is 17.0 Å². The van der Waals surface area contributed by atoms with Gasteiger partial charge in [-0.1, -0.05) is 42.0 Å². The summed E-state index contributed by atoms with van der Waals surface area (Å²) in [6.45, 7) is 3.16. The number of rotatable bonds is 2.